The van der Waals surface area contributed by atoms with Gasteiger partial charge in [-0.3, -0.25) is 4.98 Å². The van der Waals surface area contributed by atoms with Gasteiger partial charge in [0.1, 0.15) is 0 Å². The summed E-state index contributed by atoms with van der Waals surface area (Å²) in [6, 6.07) is 10.6. The normalized spacial score (nSPS) is 20.2. The molecule has 1 aromatic heterocycles. The van der Waals surface area contributed by atoms with Crippen LogP contribution in [-0.4, -0.2) is 4.98 Å². The molecule has 0 amide bonds. The summed E-state index contributed by atoms with van der Waals surface area (Å²) >= 11 is 0. The molecule has 1 aliphatic carbocycles. The van der Waals surface area contributed by atoms with E-state index in [0.717, 1.165) is 24.1 Å². The Labute approximate surface area is 89.1 Å². The second-order valence-corrected chi connectivity index (χ2v) is 4.22. The number of aryl methyl sites for hydroxylation is 1. The fraction of sp³-hybridized carbons (Fsp3) is 0.308. The van der Waals surface area contributed by atoms with Gasteiger partial charge in [0.05, 0.1) is 11.2 Å². The Hall–Kier alpha value is -1.41. The Morgan fingerprint density at radius 2 is 2.13 bits per heavy atom. The van der Waals surface area contributed by atoms with Crippen molar-refractivity contribution in [3.63, 3.8) is 0 Å². The second kappa shape index (κ2) is 3.31. The van der Waals surface area contributed by atoms with Crippen molar-refractivity contribution >= 4 is 10.9 Å². The van der Waals surface area contributed by atoms with E-state index in [-0.39, 0.29) is 6.04 Å². The standard InChI is InChI=1S/C13H14N2/c14-11-6-3-5-10-8-9-4-1-2-7-12(9)15-13(10)11/h1-2,4,7-8,11H,3,5-6,14H2. The average Bonchev–Trinajstić information content (AvgIpc) is 2.27. The summed E-state index contributed by atoms with van der Waals surface area (Å²) in [7, 11) is 0. The van der Waals surface area contributed by atoms with Gasteiger partial charge in [-0.2, -0.15) is 0 Å². The SMILES string of the molecule is NC1CCCc2cc3ccccc3nc21. The first kappa shape index (κ1) is 8.86. The Kier molecular flexibility index (Phi) is 1.96. The lowest BCUT2D eigenvalue weighted by molar-refractivity contribution is 0.556. The molecule has 0 saturated carbocycles. The second-order valence-electron chi connectivity index (χ2n) is 4.22. The molecule has 0 radical (unpaired) electrons. The van der Waals surface area contributed by atoms with E-state index in [1.54, 1.807) is 0 Å². The van der Waals surface area contributed by atoms with Gasteiger partial charge in [-0.1, -0.05) is 18.2 Å². The molecular weight excluding hydrogens is 184 g/mol. The summed E-state index contributed by atoms with van der Waals surface area (Å²) in [4.78, 5) is 4.67. The zero-order valence-electron chi connectivity index (χ0n) is 8.61. The van der Waals surface area contributed by atoms with E-state index in [9.17, 15) is 0 Å². The number of hydrogen-bond donors (Lipinski definition) is 1. The van der Waals surface area contributed by atoms with E-state index in [1.165, 1.54) is 17.4 Å². The molecule has 2 aromatic rings. The fourth-order valence-corrected chi connectivity index (χ4v) is 2.35. The highest BCUT2D eigenvalue weighted by molar-refractivity contribution is 5.79. The maximum Gasteiger partial charge on any atom is 0.0706 e. The number of benzene rings is 1. The number of hydrogen-bond acceptors (Lipinski definition) is 2. The first-order chi connectivity index (χ1) is 7.34. The van der Waals surface area contributed by atoms with Crippen molar-refractivity contribution in [2.45, 2.75) is 25.3 Å². The summed E-state index contributed by atoms with van der Waals surface area (Å²) in [6.07, 6.45) is 3.38. The lowest BCUT2D eigenvalue weighted by Crippen LogP contribution is -2.19. The van der Waals surface area contributed by atoms with Crippen LogP contribution in [0.25, 0.3) is 10.9 Å². The van der Waals surface area contributed by atoms with Crippen molar-refractivity contribution in [2.75, 3.05) is 0 Å². The van der Waals surface area contributed by atoms with Gasteiger partial charge >= 0.3 is 0 Å². The summed E-state index contributed by atoms with van der Waals surface area (Å²) in [5.41, 5.74) is 9.59. The molecule has 1 atom stereocenters. The van der Waals surface area contributed by atoms with Gasteiger partial charge in [0.15, 0.2) is 0 Å². The maximum absolute atomic E-state index is 6.07. The largest absolute Gasteiger partial charge is 0.323 e. The molecule has 2 N–H and O–H groups in total. The highest BCUT2D eigenvalue weighted by Crippen LogP contribution is 2.28. The van der Waals surface area contributed by atoms with Crippen molar-refractivity contribution in [2.24, 2.45) is 5.73 Å². The summed E-state index contributed by atoms with van der Waals surface area (Å²) in [6.45, 7) is 0. The summed E-state index contributed by atoms with van der Waals surface area (Å²) < 4.78 is 0. The van der Waals surface area contributed by atoms with Crippen molar-refractivity contribution < 1.29 is 0 Å². The monoisotopic (exact) mass is 198 g/mol. The molecule has 1 aromatic carbocycles. The number of para-hydroxylation sites is 1. The first-order valence-electron chi connectivity index (χ1n) is 5.49. The van der Waals surface area contributed by atoms with Crippen molar-refractivity contribution in [3.8, 4) is 0 Å². The van der Waals surface area contributed by atoms with Crippen LogP contribution in [0.1, 0.15) is 30.1 Å². The number of aromatic nitrogens is 1. The van der Waals surface area contributed by atoms with E-state index in [1.807, 2.05) is 6.07 Å². The lowest BCUT2D eigenvalue weighted by atomic mass is 9.91. The maximum atomic E-state index is 6.07. The number of nitrogens with zero attached hydrogens (tertiary/aromatic N) is 1. The summed E-state index contributed by atoms with van der Waals surface area (Å²) in [5, 5.41) is 1.23. The minimum absolute atomic E-state index is 0.137. The first-order valence-corrected chi connectivity index (χ1v) is 5.49. The van der Waals surface area contributed by atoms with Crippen LogP contribution in [0.5, 0.6) is 0 Å². The Bertz CT molecular complexity index is 505. The third-order valence-electron chi connectivity index (χ3n) is 3.15. The zero-order chi connectivity index (χ0) is 10.3. The molecule has 15 heavy (non-hydrogen) atoms. The Morgan fingerprint density at radius 3 is 3.07 bits per heavy atom. The molecule has 2 heteroatoms. The van der Waals surface area contributed by atoms with E-state index < -0.39 is 0 Å². The van der Waals surface area contributed by atoms with Crippen molar-refractivity contribution in [1.29, 1.82) is 0 Å². The van der Waals surface area contributed by atoms with Crippen LogP contribution in [-0.2, 0) is 6.42 Å². The molecule has 1 heterocycles. The quantitative estimate of drug-likeness (QED) is 0.706. The highest BCUT2D eigenvalue weighted by Gasteiger charge is 2.18. The van der Waals surface area contributed by atoms with E-state index in [4.69, 9.17) is 5.73 Å². The third kappa shape index (κ3) is 1.41. The summed E-state index contributed by atoms with van der Waals surface area (Å²) in [5.74, 6) is 0. The predicted octanol–water partition coefficient (Wildman–Crippen LogP) is 2.57. The smallest absolute Gasteiger partial charge is 0.0706 e. The van der Waals surface area contributed by atoms with E-state index in [0.29, 0.717) is 0 Å². The van der Waals surface area contributed by atoms with Gasteiger partial charge in [-0.15, -0.1) is 0 Å². The molecule has 0 aliphatic heterocycles. The minimum atomic E-state index is 0.137. The Balaban J connectivity index is 2.27. The van der Waals surface area contributed by atoms with Crippen LogP contribution >= 0.6 is 0 Å². The van der Waals surface area contributed by atoms with Crippen LogP contribution < -0.4 is 5.73 Å². The van der Waals surface area contributed by atoms with Crippen LogP contribution in [0.2, 0.25) is 0 Å². The molecule has 76 valence electrons. The van der Waals surface area contributed by atoms with Gasteiger partial charge in [0, 0.05) is 11.4 Å². The molecule has 0 saturated heterocycles. The van der Waals surface area contributed by atoms with Crippen LogP contribution in [0, 0.1) is 0 Å². The molecular formula is C13H14N2. The van der Waals surface area contributed by atoms with Crippen molar-refractivity contribution in [3.05, 3.63) is 41.6 Å². The molecule has 2 nitrogen and oxygen atoms in total. The predicted molar refractivity (Wildman–Crippen MR) is 61.6 cm³/mol. The average molecular weight is 198 g/mol. The number of rotatable bonds is 0. The van der Waals surface area contributed by atoms with Gasteiger partial charge < -0.3 is 5.73 Å². The molecule has 0 bridgehead atoms. The van der Waals surface area contributed by atoms with E-state index >= 15 is 0 Å². The Morgan fingerprint density at radius 1 is 1.27 bits per heavy atom. The number of nitrogens with two attached hydrogens (primary N) is 1. The van der Waals surface area contributed by atoms with Gasteiger partial charge in [-0.25, -0.2) is 0 Å². The van der Waals surface area contributed by atoms with Crippen LogP contribution in [0.15, 0.2) is 30.3 Å². The topological polar surface area (TPSA) is 38.9 Å². The fourth-order valence-electron chi connectivity index (χ4n) is 2.35. The van der Waals surface area contributed by atoms with Gasteiger partial charge in [0.25, 0.3) is 0 Å². The molecule has 1 unspecified atom stereocenters. The third-order valence-corrected chi connectivity index (χ3v) is 3.15. The molecule has 0 spiro atoms. The van der Waals surface area contributed by atoms with E-state index in [2.05, 4.69) is 29.2 Å². The van der Waals surface area contributed by atoms with Gasteiger partial charge in [0.2, 0.25) is 0 Å². The van der Waals surface area contributed by atoms with Gasteiger partial charge in [-0.05, 0) is 37.0 Å². The molecule has 1 aliphatic rings. The van der Waals surface area contributed by atoms with Crippen LogP contribution in [0.4, 0.5) is 0 Å². The zero-order valence-corrected chi connectivity index (χ0v) is 8.61. The van der Waals surface area contributed by atoms with Crippen molar-refractivity contribution in [1.82, 2.24) is 4.98 Å². The lowest BCUT2D eigenvalue weighted by Gasteiger charge is -2.21. The minimum Gasteiger partial charge on any atom is -0.323 e. The molecule has 0 fully saturated rings. The van der Waals surface area contributed by atoms with Crippen LogP contribution in [0.3, 0.4) is 0 Å². The molecule has 3 rings (SSSR count). The highest BCUT2D eigenvalue weighted by atomic mass is 14.8. The number of pyridine rings is 1. The number of fused-ring (bicyclic) bond motifs is 2.